The highest BCUT2D eigenvalue weighted by Crippen LogP contribution is 2.13. The van der Waals surface area contributed by atoms with Crippen LogP contribution in [0.4, 0.5) is 0 Å². The minimum atomic E-state index is -0.00425. The monoisotopic (exact) mass is 256 g/mol. The smallest absolute Gasteiger partial charge is 0.157 e. The lowest BCUT2D eigenvalue weighted by Gasteiger charge is -2.22. The van der Waals surface area contributed by atoms with E-state index in [9.17, 15) is 0 Å². The van der Waals surface area contributed by atoms with Crippen molar-refractivity contribution in [3.63, 3.8) is 0 Å². The Labute approximate surface area is 115 Å². The fourth-order valence-corrected chi connectivity index (χ4v) is 1.92. The average Bonchev–Trinajstić information content (AvgIpc) is 2.48. The molecule has 0 radical (unpaired) electrons. The molecule has 0 bridgehead atoms. The molecule has 19 heavy (non-hydrogen) atoms. The predicted octanol–water partition coefficient (Wildman–Crippen LogP) is 3.64. The van der Waals surface area contributed by atoms with Crippen molar-refractivity contribution >= 4 is 6.08 Å². The average molecular weight is 256 g/mol. The fraction of sp³-hybridized carbons (Fsp3) is 0.412. The number of hydrogen-bond donors (Lipinski definition) is 0. The van der Waals surface area contributed by atoms with Crippen LogP contribution in [0.15, 0.2) is 36.4 Å². The van der Waals surface area contributed by atoms with Crippen molar-refractivity contribution in [2.24, 2.45) is 0 Å². The summed E-state index contributed by atoms with van der Waals surface area (Å²) in [5.41, 5.74) is 1.17. The zero-order valence-electron chi connectivity index (χ0n) is 11.2. The van der Waals surface area contributed by atoms with Crippen LogP contribution in [-0.4, -0.2) is 19.5 Å². The summed E-state index contributed by atoms with van der Waals surface area (Å²) >= 11 is 0. The van der Waals surface area contributed by atoms with Crippen LogP contribution in [0.5, 0.6) is 0 Å². The van der Waals surface area contributed by atoms with E-state index in [1.54, 1.807) is 0 Å². The van der Waals surface area contributed by atoms with Crippen LogP contribution >= 0.6 is 0 Å². The normalized spacial score (nSPS) is 19.1. The second-order valence-electron chi connectivity index (χ2n) is 4.48. The van der Waals surface area contributed by atoms with Crippen LogP contribution in [0.1, 0.15) is 31.2 Å². The largest absolute Gasteiger partial charge is 0.353 e. The number of allylic oxidation sites excluding steroid dienone is 1. The highest BCUT2D eigenvalue weighted by Gasteiger charge is 2.12. The molecular weight excluding hydrogens is 236 g/mol. The minimum absolute atomic E-state index is 0.00425. The summed E-state index contributed by atoms with van der Waals surface area (Å²) in [6.45, 7) is 1.48. The molecule has 1 saturated heterocycles. The maximum Gasteiger partial charge on any atom is 0.157 e. The SMILES string of the molecule is C(#CCCOC1CCCCO1)/C=C\c1ccccc1. The summed E-state index contributed by atoms with van der Waals surface area (Å²) in [6.07, 6.45) is 8.01. The van der Waals surface area contributed by atoms with E-state index in [1.165, 1.54) is 12.0 Å². The van der Waals surface area contributed by atoms with Gasteiger partial charge in [0.15, 0.2) is 6.29 Å². The van der Waals surface area contributed by atoms with Gasteiger partial charge in [0.2, 0.25) is 0 Å². The first kappa shape index (κ1) is 13.9. The number of rotatable bonds is 4. The Hall–Kier alpha value is -1.56. The molecule has 2 heteroatoms. The first-order chi connectivity index (χ1) is 9.45. The van der Waals surface area contributed by atoms with E-state index in [0.29, 0.717) is 6.61 Å². The van der Waals surface area contributed by atoms with Crippen LogP contribution in [0.3, 0.4) is 0 Å². The third kappa shape index (κ3) is 5.74. The van der Waals surface area contributed by atoms with Gasteiger partial charge in [-0.25, -0.2) is 0 Å². The summed E-state index contributed by atoms with van der Waals surface area (Å²) in [4.78, 5) is 0. The molecule has 1 aliphatic heterocycles. The zero-order valence-corrected chi connectivity index (χ0v) is 11.2. The van der Waals surface area contributed by atoms with Crippen molar-refractivity contribution in [3.05, 3.63) is 42.0 Å². The molecule has 100 valence electrons. The van der Waals surface area contributed by atoms with Gasteiger partial charge in [-0.3, -0.25) is 0 Å². The first-order valence-electron chi connectivity index (χ1n) is 6.88. The van der Waals surface area contributed by atoms with E-state index in [-0.39, 0.29) is 6.29 Å². The summed E-state index contributed by atoms with van der Waals surface area (Å²) in [5.74, 6) is 6.10. The molecule has 0 spiro atoms. The molecule has 0 saturated carbocycles. The summed E-state index contributed by atoms with van der Waals surface area (Å²) in [7, 11) is 0. The summed E-state index contributed by atoms with van der Waals surface area (Å²) in [5, 5.41) is 0. The quantitative estimate of drug-likeness (QED) is 0.605. The standard InChI is InChI=1S/C17H20O2/c1(4-10-16-11-5-3-6-12-16)2-8-14-18-17-13-7-9-15-19-17/h3-6,10-12,17H,7-9,13-15H2/b10-4-. The van der Waals surface area contributed by atoms with Gasteiger partial charge in [-0.15, -0.1) is 0 Å². The van der Waals surface area contributed by atoms with Gasteiger partial charge in [-0.05, 0) is 37.0 Å². The second-order valence-corrected chi connectivity index (χ2v) is 4.48. The van der Waals surface area contributed by atoms with Crippen LogP contribution < -0.4 is 0 Å². The lowest BCUT2D eigenvalue weighted by molar-refractivity contribution is -0.161. The highest BCUT2D eigenvalue weighted by molar-refractivity contribution is 5.52. The first-order valence-corrected chi connectivity index (χ1v) is 6.88. The Balaban J connectivity index is 1.60. The molecule has 1 aliphatic rings. The second kappa shape index (κ2) is 8.53. The number of benzene rings is 1. The highest BCUT2D eigenvalue weighted by atomic mass is 16.7. The van der Waals surface area contributed by atoms with E-state index in [1.807, 2.05) is 30.4 Å². The van der Waals surface area contributed by atoms with E-state index in [0.717, 1.165) is 25.9 Å². The third-order valence-electron chi connectivity index (χ3n) is 2.93. The van der Waals surface area contributed by atoms with Gasteiger partial charge in [0, 0.05) is 13.0 Å². The van der Waals surface area contributed by atoms with Crippen molar-refractivity contribution in [2.75, 3.05) is 13.2 Å². The lowest BCUT2D eigenvalue weighted by Crippen LogP contribution is -2.22. The van der Waals surface area contributed by atoms with Crippen molar-refractivity contribution in [2.45, 2.75) is 32.0 Å². The lowest BCUT2D eigenvalue weighted by atomic mass is 10.2. The van der Waals surface area contributed by atoms with E-state index < -0.39 is 0 Å². The molecule has 1 unspecified atom stereocenters. The van der Waals surface area contributed by atoms with Gasteiger partial charge >= 0.3 is 0 Å². The topological polar surface area (TPSA) is 18.5 Å². The van der Waals surface area contributed by atoms with Crippen molar-refractivity contribution < 1.29 is 9.47 Å². The molecule has 0 N–H and O–H groups in total. The maximum absolute atomic E-state index is 5.60. The number of ether oxygens (including phenoxy) is 2. The molecule has 1 aromatic carbocycles. The third-order valence-corrected chi connectivity index (χ3v) is 2.93. The Morgan fingerprint density at radius 1 is 1.26 bits per heavy atom. The van der Waals surface area contributed by atoms with Gasteiger partial charge in [-0.1, -0.05) is 42.2 Å². The Morgan fingerprint density at radius 2 is 2.16 bits per heavy atom. The van der Waals surface area contributed by atoms with E-state index in [4.69, 9.17) is 9.47 Å². The van der Waals surface area contributed by atoms with Crippen molar-refractivity contribution in [1.82, 2.24) is 0 Å². The molecule has 0 amide bonds. The zero-order chi connectivity index (χ0) is 13.2. The Morgan fingerprint density at radius 3 is 2.95 bits per heavy atom. The van der Waals surface area contributed by atoms with Crippen LogP contribution in [0.25, 0.3) is 6.08 Å². The van der Waals surface area contributed by atoms with E-state index >= 15 is 0 Å². The molecule has 0 aromatic heterocycles. The minimum Gasteiger partial charge on any atom is -0.353 e. The maximum atomic E-state index is 5.60. The van der Waals surface area contributed by atoms with Gasteiger partial charge in [0.05, 0.1) is 6.61 Å². The Bertz CT molecular complexity index is 433. The molecule has 0 aliphatic carbocycles. The van der Waals surface area contributed by atoms with Crippen LogP contribution in [0, 0.1) is 11.8 Å². The fourth-order valence-electron chi connectivity index (χ4n) is 1.92. The molecule has 2 rings (SSSR count). The van der Waals surface area contributed by atoms with Crippen LogP contribution in [-0.2, 0) is 9.47 Å². The van der Waals surface area contributed by atoms with Gasteiger partial charge in [0.1, 0.15) is 0 Å². The van der Waals surface area contributed by atoms with Crippen molar-refractivity contribution in [3.8, 4) is 11.8 Å². The van der Waals surface area contributed by atoms with Gasteiger partial charge in [-0.2, -0.15) is 0 Å². The summed E-state index contributed by atoms with van der Waals surface area (Å²) < 4.78 is 11.1. The molecule has 1 aromatic rings. The van der Waals surface area contributed by atoms with Crippen molar-refractivity contribution in [1.29, 1.82) is 0 Å². The molecule has 2 nitrogen and oxygen atoms in total. The van der Waals surface area contributed by atoms with Gasteiger partial charge < -0.3 is 9.47 Å². The molecule has 1 fully saturated rings. The van der Waals surface area contributed by atoms with E-state index in [2.05, 4.69) is 24.0 Å². The number of hydrogen-bond acceptors (Lipinski definition) is 2. The van der Waals surface area contributed by atoms with Gasteiger partial charge in [0.25, 0.3) is 0 Å². The molecule has 1 heterocycles. The van der Waals surface area contributed by atoms with Crippen LogP contribution in [0.2, 0.25) is 0 Å². The Kier molecular flexibility index (Phi) is 6.22. The summed E-state index contributed by atoms with van der Waals surface area (Å²) in [6, 6.07) is 10.2. The molecular formula is C17H20O2. The molecule has 1 atom stereocenters. The predicted molar refractivity (Wildman–Crippen MR) is 77.4 cm³/mol.